The largest absolute Gasteiger partial charge is 0.481 e. The third-order valence-electron chi connectivity index (χ3n) is 3.00. The topological polar surface area (TPSA) is 41.6 Å². The first-order chi connectivity index (χ1) is 9.58. The molecule has 0 aromatic heterocycles. The monoisotopic (exact) mass is 348 g/mol. The van der Waals surface area contributed by atoms with Gasteiger partial charge >= 0.3 is 0 Å². The SMILES string of the molecule is O=C(COc1cc(Br)cc(F)c1F)N1CCCNCC1. The second-order valence-corrected chi connectivity index (χ2v) is 5.39. The molecule has 2 rings (SSSR count). The van der Waals surface area contributed by atoms with E-state index in [4.69, 9.17) is 4.74 Å². The Balaban J connectivity index is 1.96. The summed E-state index contributed by atoms with van der Waals surface area (Å²) in [5.41, 5.74) is 0. The standard InChI is InChI=1S/C13H15BrF2N2O2/c14-9-6-10(15)13(16)11(7-9)20-8-12(19)18-4-1-2-17-3-5-18/h6-7,17H,1-5,8H2. The maximum absolute atomic E-state index is 13.5. The van der Waals surface area contributed by atoms with Crippen molar-refractivity contribution in [2.75, 3.05) is 32.8 Å². The molecule has 0 radical (unpaired) electrons. The summed E-state index contributed by atoms with van der Waals surface area (Å²) >= 11 is 3.05. The summed E-state index contributed by atoms with van der Waals surface area (Å²) in [5, 5.41) is 3.18. The Morgan fingerprint density at radius 1 is 1.35 bits per heavy atom. The van der Waals surface area contributed by atoms with Crippen molar-refractivity contribution < 1.29 is 18.3 Å². The molecule has 1 N–H and O–H groups in total. The quantitative estimate of drug-likeness (QED) is 0.848. The zero-order valence-corrected chi connectivity index (χ0v) is 12.4. The molecule has 0 saturated carbocycles. The number of ether oxygens (including phenoxy) is 1. The number of amides is 1. The Morgan fingerprint density at radius 2 is 2.15 bits per heavy atom. The van der Waals surface area contributed by atoms with Crippen LogP contribution >= 0.6 is 15.9 Å². The van der Waals surface area contributed by atoms with E-state index in [1.807, 2.05) is 0 Å². The zero-order valence-electron chi connectivity index (χ0n) is 10.8. The van der Waals surface area contributed by atoms with Gasteiger partial charge in [0.1, 0.15) is 0 Å². The molecule has 1 aromatic rings. The number of rotatable bonds is 3. The molecule has 0 aliphatic carbocycles. The maximum atomic E-state index is 13.5. The minimum Gasteiger partial charge on any atom is -0.481 e. The predicted octanol–water partition coefficient (Wildman–Crippen LogP) is 1.93. The van der Waals surface area contributed by atoms with Crippen LogP contribution in [0.5, 0.6) is 5.75 Å². The van der Waals surface area contributed by atoms with E-state index in [-0.39, 0.29) is 18.3 Å². The molecule has 1 aliphatic rings. The first kappa shape index (κ1) is 15.2. The van der Waals surface area contributed by atoms with E-state index < -0.39 is 11.6 Å². The van der Waals surface area contributed by atoms with Gasteiger partial charge in [-0.3, -0.25) is 4.79 Å². The molecule has 0 atom stereocenters. The molecule has 0 spiro atoms. The van der Waals surface area contributed by atoms with Crippen LogP contribution in [-0.4, -0.2) is 43.6 Å². The normalized spacial score (nSPS) is 15.8. The van der Waals surface area contributed by atoms with Crippen LogP contribution < -0.4 is 10.1 Å². The summed E-state index contributed by atoms with van der Waals surface area (Å²) in [6, 6.07) is 2.31. The number of nitrogens with zero attached hydrogens (tertiary/aromatic N) is 1. The van der Waals surface area contributed by atoms with Crippen molar-refractivity contribution in [3.05, 3.63) is 28.2 Å². The molecular weight excluding hydrogens is 334 g/mol. The van der Waals surface area contributed by atoms with E-state index in [1.165, 1.54) is 6.07 Å². The van der Waals surface area contributed by atoms with Crippen LogP contribution in [0.4, 0.5) is 8.78 Å². The number of benzene rings is 1. The summed E-state index contributed by atoms with van der Waals surface area (Å²) in [6.45, 7) is 2.54. The van der Waals surface area contributed by atoms with Crippen LogP contribution in [-0.2, 0) is 4.79 Å². The Labute approximate surface area is 124 Å². The number of hydrogen-bond acceptors (Lipinski definition) is 3. The lowest BCUT2D eigenvalue weighted by atomic mass is 10.3. The lowest BCUT2D eigenvalue weighted by Gasteiger charge is -2.20. The fourth-order valence-corrected chi connectivity index (χ4v) is 2.37. The van der Waals surface area contributed by atoms with Gasteiger partial charge in [-0.05, 0) is 25.1 Å². The van der Waals surface area contributed by atoms with E-state index >= 15 is 0 Å². The molecule has 1 fully saturated rings. The number of nitrogens with one attached hydrogen (secondary N) is 1. The summed E-state index contributed by atoms with van der Waals surface area (Å²) in [7, 11) is 0. The Hall–Kier alpha value is -1.21. The molecule has 7 heteroatoms. The van der Waals surface area contributed by atoms with Crippen molar-refractivity contribution in [3.63, 3.8) is 0 Å². The number of hydrogen-bond donors (Lipinski definition) is 1. The lowest BCUT2D eigenvalue weighted by molar-refractivity contribution is -0.133. The fraction of sp³-hybridized carbons (Fsp3) is 0.462. The van der Waals surface area contributed by atoms with Crippen LogP contribution in [0, 0.1) is 11.6 Å². The third kappa shape index (κ3) is 3.89. The Bertz CT molecular complexity index is 492. The molecule has 1 aliphatic heterocycles. The Kier molecular flexibility index (Phi) is 5.31. The lowest BCUT2D eigenvalue weighted by Crippen LogP contribution is -2.37. The van der Waals surface area contributed by atoms with Gasteiger partial charge in [-0.1, -0.05) is 15.9 Å². The van der Waals surface area contributed by atoms with Crippen molar-refractivity contribution in [1.82, 2.24) is 10.2 Å². The second kappa shape index (κ2) is 6.99. The molecule has 1 heterocycles. The van der Waals surface area contributed by atoms with Gasteiger partial charge < -0.3 is 15.0 Å². The van der Waals surface area contributed by atoms with Crippen molar-refractivity contribution in [2.45, 2.75) is 6.42 Å². The number of carbonyl (C=O) groups excluding carboxylic acids is 1. The van der Waals surface area contributed by atoms with Crippen molar-refractivity contribution in [3.8, 4) is 5.75 Å². The van der Waals surface area contributed by atoms with Gasteiger partial charge in [-0.15, -0.1) is 0 Å². The van der Waals surface area contributed by atoms with Crippen LogP contribution in [0.15, 0.2) is 16.6 Å². The highest BCUT2D eigenvalue weighted by Crippen LogP contribution is 2.25. The summed E-state index contributed by atoms with van der Waals surface area (Å²) in [6.07, 6.45) is 0.867. The smallest absolute Gasteiger partial charge is 0.260 e. The van der Waals surface area contributed by atoms with Crippen molar-refractivity contribution in [1.29, 1.82) is 0 Å². The van der Waals surface area contributed by atoms with Gasteiger partial charge in [0.05, 0.1) is 0 Å². The number of halogens is 3. The van der Waals surface area contributed by atoms with E-state index in [0.717, 1.165) is 25.6 Å². The minimum absolute atomic E-state index is 0.228. The number of carbonyl (C=O) groups is 1. The maximum Gasteiger partial charge on any atom is 0.260 e. The van der Waals surface area contributed by atoms with Crippen LogP contribution in [0.25, 0.3) is 0 Å². The summed E-state index contributed by atoms with van der Waals surface area (Å²) in [5.74, 6) is -2.59. The highest BCUT2D eigenvalue weighted by molar-refractivity contribution is 9.10. The molecule has 0 bridgehead atoms. The molecule has 1 saturated heterocycles. The molecule has 0 unspecified atom stereocenters. The Morgan fingerprint density at radius 3 is 2.95 bits per heavy atom. The molecule has 110 valence electrons. The molecule has 20 heavy (non-hydrogen) atoms. The molecule has 1 amide bonds. The molecule has 1 aromatic carbocycles. The molecular formula is C13H15BrF2N2O2. The fourth-order valence-electron chi connectivity index (χ4n) is 1.96. The summed E-state index contributed by atoms with van der Waals surface area (Å²) in [4.78, 5) is 13.6. The van der Waals surface area contributed by atoms with E-state index in [9.17, 15) is 13.6 Å². The summed E-state index contributed by atoms with van der Waals surface area (Å²) < 4.78 is 32.1. The zero-order chi connectivity index (χ0) is 14.5. The van der Waals surface area contributed by atoms with E-state index in [0.29, 0.717) is 17.6 Å². The first-order valence-electron chi connectivity index (χ1n) is 6.34. The third-order valence-corrected chi connectivity index (χ3v) is 3.46. The van der Waals surface area contributed by atoms with E-state index in [1.54, 1.807) is 4.90 Å². The highest BCUT2D eigenvalue weighted by atomic mass is 79.9. The predicted molar refractivity (Wildman–Crippen MR) is 73.6 cm³/mol. The highest BCUT2D eigenvalue weighted by Gasteiger charge is 2.17. The van der Waals surface area contributed by atoms with Crippen LogP contribution in [0.3, 0.4) is 0 Å². The first-order valence-corrected chi connectivity index (χ1v) is 7.13. The minimum atomic E-state index is -1.08. The second-order valence-electron chi connectivity index (χ2n) is 4.47. The van der Waals surface area contributed by atoms with Crippen LogP contribution in [0.1, 0.15) is 6.42 Å². The van der Waals surface area contributed by atoms with E-state index in [2.05, 4.69) is 21.2 Å². The average molecular weight is 349 g/mol. The van der Waals surface area contributed by atoms with Gasteiger partial charge in [0.2, 0.25) is 5.82 Å². The van der Waals surface area contributed by atoms with Gasteiger partial charge in [0.15, 0.2) is 18.2 Å². The van der Waals surface area contributed by atoms with Crippen LogP contribution in [0.2, 0.25) is 0 Å². The van der Waals surface area contributed by atoms with Gasteiger partial charge in [-0.25, -0.2) is 4.39 Å². The average Bonchev–Trinajstić information content (AvgIpc) is 2.69. The molecule has 4 nitrogen and oxygen atoms in total. The van der Waals surface area contributed by atoms with Crippen molar-refractivity contribution >= 4 is 21.8 Å². The van der Waals surface area contributed by atoms with Gasteiger partial charge in [-0.2, -0.15) is 4.39 Å². The van der Waals surface area contributed by atoms with Gasteiger partial charge in [0, 0.05) is 24.1 Å². The van der Waals surface area contributed by atoms with Gasteiger partial charge in [0.25, 0.3) is 5.91 Å². The van der Waals surface area contributed by atoms with Crippen molar-refractivity contribution in [2.24, 2.45) is 0 Å².